The first kappa shape index (κ1) is 13.3. The van der Waals surface area contributed by atoms with Crippen molar-refractivity contribution in [1.29, 1.82) is 0 Å². The highest BCUT2D eigenvalue weighted by molar-refractivity contribution is 5.93. The van der Waals surface area contributed by atoms with E-state index in [0.717, 1.165) is 12.1 Å². The lowest BCUT2D eigenvalue weighted by Gasteiger charge is -2.24. The van der Waals surface area contributed by atoms with Gasteiger partial charge >= 0.3 is 0 Å². The number of benzene rings is 2. The minimum Gasteiger partial charge on any atom is -0.507 e. The molecule has 1 saturated heterocycles. The number of nitrogens with one attached hydrogen (secondary N) is 1. The summed E-state index contributed by atoms with van der Waals surface area (Å²) >= 11 is 0. The molecule has 2 N–H and O–H groups in total. The summed E-state index contributed by atoms with van der Waals surface area (Å²) in [7, 11) is 0. The highest BCUT2D eigenvalue weighted by Gasteiger charge is 2.19. The molecule has 1 aliphatic rings. The van der Waals surface area contributed by atoms with Gasteiger partial charge in [0.1, 0.15) is 22.3 Å². The lowest BCUT2D eigenvalue weighted by atomic mass is 10.0. The van der Waals surface area contributed by atoms with E-state index >= 15 is 0 Å². The summed E-state index contributed by atoms with van der Waals surface area (Å²) in [5.74, 6) is -0.0684. The smallest absolute Gasteiger partial charge is 0.204 e. The van der Waals surface area contributed by atoms with Gasteiger partial charge in [-0.2, -0.15) is 0 Å². The summed E-state index contributed by atoms with van der Waals surface area (Å²) in [4.78, 5) is 12.5. The third-order valence-electron chi connectivity index (χ3n) is 3.98. The largest absolute Gasteiger partial charge is 0.507 e. The van der Waals surface area contributed by atoms with E-state index in [-0.39, 0.29) is 22.7 Å². The van der Waals surface area contributed by atoms with Crippen molar-refractivity contribution in [2.45, 2.75) is 6.10 Å². The number of morpholine rings is 1. The molecule has 1 atom stereocenters. The normalized spacial score (nSPS) is 18.8. The highest BCUT2D eigenvalue weighted by Crippen LogP contribution is 2.31. The number of aromatic hydroxyl groups is 1. The molecule has 4 rings (SSSR count). The van der Waals surface area contributed by atoms with Crippen LogP contribution in [-0.4, -0.2) is 24.8 Å². The van der Waals surface area contributed by atoms with Gasteiger partial charge in [0.2, 0.25) is 5.43 Å². The number of ether oxygens (including phenoxy) is 1. The Morgan fingerprint density at radius 2 is 2.05 bits per heavy atom. The van der Waals surface area contributed by atoms with Crippen molar-refractivity contribution in [2.24, 2.45) is 0 Å². The Balaban J connectivity index is 1.97. The Morgan fingerprint density at radius 1 is 1.18 bits per heavy atom. The molecule has 5 heteroatoms. The number of phenolic OH excluding ortho intramolecular Hbond substituents is 1. The monoisotopic (exact) mass is 297 g/mol. The van der Waals surface area contributed by atoms with Crippen LogP contribution in [0.5, 0.6) is 5.75 Å². The van der Waals surface area contributed by atoms with Crippen molar-refractivity contribution in [2.75, 3.05) is 19.7 Å². The molecule has 0 aliphatic carbocycles. The van der Waals surface area contributed by atoms with Crippen LogP contribution in [0.1, 0.15) is 11.7 Å². The van der Waals surface area contributed by atoms with Crippen molar-refractivity contribution >= 4 is 21.9 Å². The molecule has 22 heavy (non-hydrogen) atoms. The molecular weight excluding hydrogens is 282 g/mol. The van der Waals surface area contributed by atoms with E-state index in [9.17, 15) is 9.90 Å². The van der Waals surface area contributed by atoms with Crippen LogP contribution in [0.25, 0.3) is 21.9 Å². The van der Waals surface area contributed by atoms with Gasteiger partial charge in [0.15, 0.2) is 0 Å². The molecule has 1 fully saturated rings. The Morgan fingerprint density at radius 3 is 2.86 bits per heavy atom. The molecule has 5 nitrogen and oxygen atoms in total. The van der Waals surface area contributed by atoms with E-state index < -0.39 is 0 Å². The Labute approximate surface area is 126 Å². The molecule has 0 amide bonds. The zero-order chi connectivity index (χ0) is 15.1. The SMILES string of the molecule is O=c1c2ccccc2oc2cc(C3CNCCO3)cc(O)c12. The summed E-state index contributed by atoms with van der Waals surface area (Å²) in [5.41, 5.74) is 1.48. The van der Waals surface area contributed by atoms with Gasteiger partial charge in [-0.05, 0) is 29.8 Å². The third-order valence-corrected chi connectivity index (χ3v) is 3.98. The maximum atomic E-state index is 12.5. The van der Waals surface area contributed by atoms with E-state index in [2.05, 4.69) is 5.32 Å². The first-order valence-corrected chi connectivity index (χ1v) is 7.25. The van der Waals surface area contributed by atoms with E-state index in [4.69, 9.17) is 9.15 Å². The predicted octanol–water partition coefficient (Wildman–Crippen LogP) is 2.31. The van der Waals surface area contributed by atoms with Crippen molar-refractivity contribution < 1.29 is 14.3 Å². The van der Waals surface area contributed by atoms with Gasteiger partial charge < -0.3 is 19.6 Å². The first-order valence-electron chi connectivity index (χ1n) is 7.25. The second kappa shape index (κ2) is 5.12. The van der Waals surface area contributed by atoms with Gasteiger partial charge in [-0.15, -0.1) is 0 Å². The van der Waals surface area contributed by atoms with E-state index in [1.165, 1.54) is 0 Å². The van der Waals surface area contributed by atoms with Gasteiger partial charge in [-0.25, -0.2) is 0 Å². The Bertz CT molecular complexity index is 910. The summed E-state index contributed by atoms with van der Waals surface area (Å²) in [6.45, 7) is 2.10. The number of phenols is 1. The van der Waals surface area contributed by atoms with Crippen LogP contribution in [0, 0.1) is 0 Å². The van der Waals surface area contributed by atoms with Crippen molar-refractivity contribution in [3.8, 4) is 5.75 Å². The molecule has 2 heterocycles. The fourth-order valence-electron chi connectivity index (χ4n) is 2.89. The van der Waals surface area contributed by atoms with Crippen LogP contribution in [0.2, 0.25) is 0 Å². The summed E-state index contributed by atoms with van der Waals surface area (Å²) < 4.78 is 11.5. The standard InChI is InChI=1S/C17H15NO4/c19-12-7-10(15-9-18-5-6-21-15)8-14-16(12)17(20)11-3-1-2-4-13(11)22-14/h1-4,7-8,15,18-19H,5-6,9H2. The zero-order valence-corrected chi connectivity index (χ0v) is 11.8. The quantitative estimate of drug-likeness (QED) is 0.674. The van der Waals surface area contributed by atoms with Gasteiger partial charge in [0, 0.05) is 13.1 Å². The highest BCUT2D eigenvalue weighted by atomic mass is 16.5. The van der Waals surface area contributed by atoms with Crippen molar-refractivity contribution in [3.63, 3.8) is 0 Å². The van der Waals surface area contributed by atoms with Gasteiger partial charge in [0.25, 0.3) is 0 Å². The molecule has 2 aromatic carbocycles. The minimum atomic E-state index is -0.219. The maximum Gasteiger partial charge on any atom is 0.204 e. The number of hydrogen-bond donors (Lipinski definition) is 2. The molecule has 0 saturated carbocycles. The molecule has 0 radical (unpaired) electrons. The third kappa shape index (κ3) is 2.06. The summed E-state index contributed by atoms with van der Waals surface area (Å²) in [5, 5.41) is 14.2. The number of hydrogen-bond acceptors (Lipinski definition) is 5. The number of rotatable bonds is 1. The van der Waals surface area contributed by atoms with Crippen molar-refractivity contribution in [3.05, 3.63) is 52.2 Å². The van der Waals surface area contributed by atoms with E-state index in [0.29, 0.717) is 29.7 Å². The van der Waals surface area contributed by atoms with Gasteiger partial charge in [-0.3, -0.25) is 4.79 Å². The number of para-hydroxylation sites is 1. The maximum absolute atomic E-state index is 12.5. The second-order valence-corrected chi connectivity index (χ2v) is 5.40. The molecule has 0 spiro atoms. The summed E-state index contributed by atoms with van der Waals surface area (Å²) in [6, 6.07) is 10.4. The Kier molecular flexibility index (Phi) is 3.10. The van der Waals surface area contributed by atoms with Crippen LogP contribution < -0.4 is 10.7 Å². The predicted molar refractivity (Wildman–Crippen MR) is 83.2 cm³/mol. The molecule has 1 aliphatic heterocycles. The lowest BCUT2D eigenvalue weighted by Crippen LogP contribution is -2.33. The van der Waals surface area contributed by atoms with E-state index in [1.807, 2.05) is 6.07 Å². The average molecular weight is 297 g/mol. The van der Waals surface area contributed by atoms with Gasteiger partial charge in [0.05, 0.1) is 18.1 Å². The first-order chi connectivity index (χ1) is 10.7. The molecule has 3 aromatic rings. The minimum absolute atomic E-state index is 0.0684. The second-order valence-electron chi connectivity index (χ2n) is 5.40. The topological polar surface area (TPSA) is 71.7 Å². The van der Waals surface area contributed by atoms with Gasteiger partial charge in [-0.1, -0.05) is 12.1 Å². The zero-order valence-electron chi connectivity index (χ0n) is 11.8. The molecule has 1 unspecified atom stereocenters. The van der Waals surface area contributed by atoms with E-state index in [1.54, 1.807) is 30.3 Å². The molecule has 1 aromatic heterocycles. The van der Waals surface area contributed by atoms with Crippen molar-refractivity contribution in [1.82, 2.24) is 5.32 Å². The van der Waals surface area contributed by atoms with Crippen LogP contribution in [0.3, 0.4) is 0 Å². The van der Waals surface area contributed by atoms with Crippen LogP contribution >= 0.6 is 0 Å². The van der Waals surface area contributed by atoms with Crippen LogP contribution in [0.4, 0.5) is 0 Å². The number of fused-ring (bicyclic) bond motifs is 2. The molecular formula is C17H15NO4. The van der Waals surface area contributed by atoms with Crippen LogP contribution in [0.15, 0.2) is 45.6 Å². The molecule has 0 bridgehead atoms. The summed E-state index contributed by atoms with van der Waals surface area (Å²) in [6.07, 6.45) is -0.152. The molecule has 112 valence electrons. The fourth-order valence-corrected chi connectivity index (χ4v) is 2.89. The average Bonchev–Trinajstić information content (AvgIpc) is 2.55. The lowest BCUT2D eigenvalue weighted by molar-refractivity contribution is 0.0276. The van der Waals surface area contributed by atoms with Crippen LogP contribution in [-0.2, 0) is 4.74 Å². The Hall–Kier alpha value is -2.37. The fraction of sp³-hybridized carbons (Fsp3) is 0.235.